The normalized spacial score (nSPS) is 10.8. The summed E-state index contributed by atoms with van der Waals surface area (Å²) in [6.07, 6.45) is 6.79. The van der Waals surface area contributed by atoms with Crippen molar-refractivity contribution in [1.82, 2.24) is 15.3 Å². The van der Waals surface area contributed by atoms with Gasteiger partial charge in [0.25, 0.3) is 0 Å². The zero-order valence-electron chi connectivity index (χ0n) is 25.0. The Morgan fingerprint density at radius 1 is 0.795 bits per heavy atom. The van der Waals surface area contributed by atoms with Crippen molar-refractivity contribution in [3.8, 4) is 22.3 Å². The van der Waals surface area contributed by atoms with E-state index in [1.54, 1.807) is 49.1 Å². The van der Waals surface area contributed by atoms with E-state index in [2.05, 4.69) is 15.3 Å². The lowest BCUT2D eigenvalue weighted by atomic mass is 9.88. The van der Waals surface area contributed by atoms with Crippen molar-refractivity contribution in [3.05, 3.63) is 107 Å². The van der Waals surface area contributed by atoms with Crippen molar-refractivity contribution in [2.24, 2.45) is 5.73 Å². The van der Waals surface area contributed by atoms with Gasteiger partial charge >= 0.3 is 0 Å². The number of hydrogen-bond donors (Lipinski definition) is 2. The fourth-order valence-corrected chi connectivity index (χ4v) is 5.07. The molecule has 2 aromatic carbocycles. The number of carbonyl (C=O) groups excluding carboxylic acids is 2. The Balaban J connectivity index is 0.000000244. The van der Waals surface area contributed by atoms with Gasteiger partial charge in [0.05, 0.1) is 18.0 Å². The molecule has 0 aliphatic rings. The molecule has 2 aromatic heterocycles. The second kappa shape index (κ2) is 16.1. The van der Waals surface area contributed by atoms with E-state index in [1.807, 2.05) is 27.7 Å². The zero-order valence-corrected chi connectivity index (χ0v) is 26.6. The first-order chi connectivity index (χ1) is 20.9. The number of nitrogens with zero attached hydrogens (tertiary/aromatic N) is 2. The highest BCUT2D eigenvalue weighted by molar-refractivity contribution is 7.80. The molecule has 0 saturated heterocycles. The van der Waals surface area contributed by atoms with Crippen LogP contribution in [0, 0.1) is 11.6 Å². The second-order valence-electron chi connectivity index (χ2n) is 10.8. The van der Waals surface area contributed by atoms with Crippen molar-refractivity contribution < 1.29 is 18.4 Å². The molecule has 0 bridgehead atoms. The largest absolute Gasteiger partial charge is 0.392 e. The van der Waals surface area contributed by atoms with Gasteiger partial charge in [-0.25, -0.2) is 8.78 Å². The van der Waals surface area contributed by atoms with E-state index in [-0.39, 0.29) is 53.8 Å². The van der Waals surface area contributed by atoms with Crippen LogP contribution < -0.4 is 11.1 Å². The Morgan fingerprint density at radius 2 is 1.20 bits per heavy atom. The molecule has 0 spiro atoms. The minimum absolute atomic E-state index is 0.0830. The zero-order chi connectivity index (χ0) is 32.4. The molecule has 2 heterocycles. The molecule has 6 nitrogen and oxygen atoms in total. The maximum Gasteiger partial charge on any atom is 0.226 e. The standard InChI is InChI=1S/C18H20FN3OS.C16H15ClFNO/c1-11(2)14-7-13(19)8-15(12-3-5-21-6-4-12)16(14)9-18(23)22-10-17(20)24;1-10(2)13-7-12(18)8-14(15(13)9-16(17)20)11-3-5-19-6-4-11/h3-8,11H,9-10H2,1-2H3,(H2,20,24)(H,22,23);3-8,10H,9H2,1-2H3. The number of amides is 1. The van der Waals surface area contributed by atoms with Crippen LogP contribution in [0.3, 0.4) is 0 Å². The van der Waals surface area contributed by atoms with Crippen LogP contribution in [0.25, 0.3) is 22.3 Å². The highest BCUT2D eigenvalue weighted by atomic mass is 35.5. The molecule has 10 heteroatoms. The summed E-state index contributed by atoms with van der Waals surface area (Å²) in [7, 11) is 0. The van der Waals surface area contributed by atoms with Gasteiger partial charge in [-0.05, 0) is 116 Å². The molecule has 1 amide bonds. The monoisotopic (exact) mass is 636 g/mol. The molecule has 4 rings (SSSR count). The highest BCUT2D eigenvalue weighted by Crippen LogP contribution is 2.33. The molecule has 0 unspecified atom stereocenters. The Bertz CT molecular complexity index is 1620. The lowest BCUT2D eigenvalue weighted by Gasteiger charge is -2.18. The van der Waals surface area contributed by atoms with Gasteiger partial charge in [0.15, 0.2) is 0 Å². The molecule has 230 valence electrons. The first-order valence-corrected chi connectivity index (χ1v) is 14.8. The van der Waals surface area contributed by atoms with Crippen LogP contribution in [0.15, 0.2) is 73.3 Å². The molecule has 0 radical (unpaired) electrons. The number of halogens is 3. The van der Waals surface area contributed by atoms with E-state index in [4.69, 9.17) is 29.6 Å². The van der Waals surface area contributed by atoms with E-state index in [9.17, 15) is 18.4 Å². The van der Waals surface area contributed by atoms with Crippen molar-refractivity contribution in [3.63, 3.8) is 0 Å². The van der Waals surface area contributed by atoms with Crippen LogP contribution >= 0.6 is 23.8 Å². The minimum atomic E-state index is -0.450. The quantitative estimate of drug-likeness (QED) is 0.140. The topological polar surface area (TPSA) is 98.0 Å². The van der Waals surface area contributed by atoms with E-state index in [0.717, 1.165) is 33.4 Å². The summed E-state index contributed by atoms with van der Waals surface area (Å²) in [6, 6.07) is 13.1. The van der Waals surface area contributed by atoms with E-state index >= 15 is 0 Å². The summed E-state index contributed by atoms with van der Waals surface area (Å²) >= 11 is 10.3. The molecular weight excluding hydrogens is 602 g/mol. The maximum absolute atomic E-state index is 14.1. The molecule has 3 N–H and O–H groups in total. The Kier molecular flexibility index (Phi) is 12.6. The predicted molar refractivity (Wildman–Crippen MR) is 176 cm³/mol. The van der Waals surface area contributed by atoms with Gasteiger partial charge in [-0.3, -0.25) is 19.6 Å². The van der Waals surface area contributed by atoms with Gasteiger partial charge in [0, 0.05) is 31.2 Å². The van der Waals surface area contributed by atoms with Crippen molar-refractivity contribution in [2.45, 2.75) is 52.4 Å². The fraction of sp³-hybridized carbons (Fsp3) is 0.265. The number of pyridine rings is 2. The summed E-state index contributed by atoms with van der Waals surface area (Å²) in [5.41, 5.74) is 11.7. The molecule has 4 aromatic rings. The predicted octanol–water partition coefficient (Wildman–Crippen LogP) is 7.27. The first kappa shape index (κ1) is 34.4. The molecule has 0 atom stereocenters. The SMILES string of the molecule is CC(C)c1cc(F)cc(-c2ccncc2)c1CC(=O)Cl.CC(C)c1cc(F)cc(-c2ccncc2)c1CC(=O)NCC(N)=S. The Morgan fingerprint density at radius 3 is 1.57 bits per heavy atom. The van der Waals surface area contributed by atoms with Gasteiger partial charge in [-0.2, -0.15) is 0 Å². The van der Waals surface area contributed by atoms with Crippen molar-refractivity contribution in [1.29, 1.82) is 0 Å². The van der Waals surface area contributed by atoms with Gasteiger partial charge < -0.3 is 11.1 Å². The third-order valence-electron chi connectivity index (χ3n) is 6.84. The van der Waals surface area contributed by atoms with Crippen LogP contribution in [0.1, 0.15) is 61.8 Å². The number of carbonyl (C=O) groups is 2. The number of hydrogen-bond acceptors (Lipinski definition) is 5. The summed E-state index contributed by atoms with van der Waals surface area (Å²) < 4.78 is 28.0. The summed E-state index contributed by atoms with van der Waals surface area (Å²) in [5, 5.41) is 2.23. The summed E-state index contributed by atoms with van der Waals surface area (Å²) in [5.74, 6) is -0.646. The van der Waals surface area contributed by atoms with Gasteiger partial charge in [0.2, 0.25) is 11.1 Å². The average molecular weight is 637 g/mol. The average Bonchev–Trinajstić information content (AvgIpc) is 2.98. The van der Waals surface area contributed by atoms with Crippen molar-refractivity contribution >= 4 is 40.0 Å². The fourth-order valence-electron chi connectivity index (χ4n) is 4.87. The number of benzene rings is 2. The summed E-state index contributed by atoms with van der Waals surface area (Å²) in [4.78, 5) is 31.7. The Labute approximate surface area is 267 Å². The number of rotatable bonds is 10. The maximum atomic E-state index is 14.1. The van der Waals surface area contributed by atoms with Gasteiger partial charge in [-0.1, -0.05) is 39.9 Å². The van der Waals surface area contributed by atoms with E-state index in [1.165, 1.54) is 24.3 Å². The third-order valence-corrected chi connectivity index (χ3v) is 7.12. The minimum Gasteiger partial charge on any atom is -0.392 e. The van der Waals surface area contributed by atoms with Gasteiger partial charge in [-0.15, -0.1) is 0 Å². The molecule has 0 saturated carbocycles. The number of nitrogens with two attached hydrogens (primary N) is 1. The molecular formula is C34H35ClF2N4O2S. The molecule has 0 aliphatic heterocycles. The lowest BCUT2D eigenvalue weighted by molar-refractivity contribution is -0.120. The number of nitrogens with one attached hydrogen (secondary N) is 1. The number of aromatic nitrogens is 2. The smallest absolute Gasteiger partial charge is 0.226 e. The third kappa shape index (κ3) is 9.72. The Hall–Kier alpha value is -4.08. The van der Waals surface area contributed by atoms with Crippen LogP contribution in [-0.4, -0.2) is 32.7 Å². The van der Waals surface area contributed by atoms with Crippen LogP contribution in [-0.2, 0) is 22.4 Å². The van der Waals surface area contributed by atoms with Crippen LogP contribution in [0.4, 0.5) is 8.78 Å². The lowest BCUT2D eigenvalue weighted by Crippen LogP contribution is -2.33. The van der Waals surface area contributed by atoms with Crippen LogP contribution in [0.2, 0.25) is 0 Å². The molecule has 44 heavy (non-hydrogen) atoms. The van der Waals surface area contributed by atoms with Gasteiger partial charge in [0.1, 0.15) is 11.6 Å². The molecule has 0 aliphatic carbocycles. The van der Waals surface area contributed by atoms with Crippen molar-refractivity contribution in [2.75, 3.05) is 6.54 Å². The molecule has 0 fully saturated rings. The number of thiocarbonyl (C=S) groups is 1. The van der Waals surface area contributed by atoms with Crippen LogP contribution in [0.5, 0.6) is 0 Å². The van der Waals surface area contributed by atoms with E-state index in [0.29, 0.717) is 11.1 Å². The second-order valence-corrected chi connectivity index (χ2v) is 11.7. The highest BCUT2D eigenvalue weighted by Gasteiger charge is 2.19. The first-order valence-electron chi connectivity index (χ1n) is 14.1. The summed E-state index contributed by atoms with van der Waals surface area (Å²) in [6.45, 7) is 8.03. The van der Waals surface area contributed by atoms with E-state index < -0.39 is 5.24 Å².